The molecule has 0 spiro atoms. The molecule has 0 aliphatic rings. The number of imidazole rings is 1. The molecule has 0 saturated carbocycles. The van der Waals surface area contributed by atoms with E-state index in [1.54, 1.807) is 30.3 Å². The Kier molecular flexibility index (Phi) is 3.95. The van der Waals surface area contributed by atoms with Crippen molar-refractivity contribution in [2.24, 2.45) is 0 Å². The molecule has 7 nitrogen and oxygen atoms in total. The van der Waals surface area contributed by atoms with Gasteiger partial charge in [0.05, 0.1) is 0 Å². The van der Waals surface area contributed by atoms with E-state index in [2.05, 4.69) is 47.8 Å². The van der Waals surface area contributed by atoms with Crippen LogP contribution in [0.4, 0.5) is 5.95 Å². The number of ether oxygens (including phenoxy) is 1. The second-order valence-corrected chi connectivity index (χ2v) is 5.27. The lowest BCUT2D eigenvalue weighted by Gasteiger charge is -2.08. The maximum atomic E-state index is 5.70. The Bertz CT molecular complexity index is 746. The SMILES string of the molecule is CNc1nc(Oc2cccc(I)c2)nc(-n2ccnc2)n1. The molecule has 2 aromatic heterocycles. The van der Waals surface area contributed by atoms with Gasteiger partial charge in [-0.1, -0.05) is 6.07 Å². The molecule has 0 unspecified atom stereocenters. The molecule has 8 heteroatoms. The van der Waals surface area contributed by atoms with Gasteiger partial charge in [0.15, 0.2) is 0 Å². The Labute approximate surface area is 134 Å². The first-order chi connectivity index (χ1) is 10.2. The van der Waals surface area contributed by atoms with Gasteiger partial charge in [0.1, 0.15) is 12.1 Å². The Balaban J connectivity index is 1.96. The fourth-order valence-corrected chi connectivity index (χ4v) is 2.15. The number of aromatic nitrogens is 5. The molecule has 0 fully saturated rings. The highest BCUT2D eigenvalue weighted by atomic mass is 127. The standard InChI is InChI=1S/C13H11IN6O/c1-15-11-17-12(20-6-5-16-8-20)19-13(18-11)21-10-4-2-3-9(14)7-10/h2-8H,1H3,(H,15,17,18,19). The van der Waals surface area contributed by atoms with Gasteiger partial charge in [0.25, 0.3) is 0 Å². The van der Waals surface area contributed by atoms with Gasteiger partial charge in [-0.15, -0.1) is 0 Å². The molecule has 106 valence electrons. The van der Waals surface area contributed by atoms with Crippen molar-refractivity contribution < 1.29 is 4.74 Å². The normalized spacial score (nSPS) is 10.4. The number of benzene rings is 1. The Morgan fingerprint density at radius 3 is 2.86 bits per heavy atom. The summed E-state index contributed by atoms with van der Waals surface area (Å²) in [4.78, 5) is 16.7. The molecule has 3 aromatic rings. The van der Waals surface area contributed by atoms with Crippen molar-refractivity contribution in [1.82, 2.24) is 24.5 Å². The van der Waals surface area contributed by atoms with Crippen LogP contribution in [-0.2, 0) is 0 Å². The quantitative estimate of drug-likeness (QED) is 0.686. The molecule has 21 heavy (non-hydrogen) atoms. The van der Waals surface area contributed by atoms with Crippen molar-refractivity contribution in [3.8, 4) is 17.7 Å². The number of hydrogen-bond acceptors (Lipinski definition) is 6. The van der Waals surface area contributed by atoms with Gasteiger partial charge < -0.3 is 10.1 Å². The van der Waals surface area contributed by atoms with E-state index in [4.69, 9.17) is 4.74 Å². The van der Waals surface area contributed by atoms with Crippen LogP contribution in [0.15, 0.2) is 43.0 Å². The highest BCUT2D eigenvalue weighted by molar-refractivity contribution is 14.1. The topological polar surface area (TPSA) is 77.8 Å². The van der Waals surface area contributed by atoms with Crippen LogP contribution in [0.3, 0.4) is 0 Å². The summed E-state index contributed by atoms with van der Waals surface area (Å²) in [6.45, 7) is 0. The average Bonchev–Trinajstić information content (AvgIpc) is 3.01. The third-order valence-electron chi connectivity index (χ3n) is 2.57. The minimum absolute atomic E-state index is 0.222. The zero-order chi connectivity index (χ0) is 14.7. The van der Waals surface area contributed by atoms with Crippen molar-refractivity contribution in [2.75, 3.05) is 12.4 Å². The lowest BCUT2D eigenvalue weighted by atomic mass is 10.3. The predicted octanol–water partition coefficient (Wildman–Crippen LogP) is 2.50. The highest BCUT2D eigenvalue weighted by Gasteiger charge is 2.09. The van der Waals surface area contributed by atoms with Crippen LogP contribution in [0.5, 0.6) is 11.8 Å². The third-order valence-corrected chi connectivity index (χ3v) is 3.24. The van der Waals surface area contributed by atoms with Crippen molar-refractivity contribution in [3.63, 3.8) is 0 Å². The third kappa shape index (κ3) is 3.27. The van der Waals surface area contributed by atoms with Crippen molar-refractivity contribution in [1.29, 1.82) is 0 Å². The van der Waals surface area contributed by atoms with Crippen molar-refractivity contribution in [3.05, 3.63) is 46.6 Å². The predicted molar refractivity (Wildman–Crippen MR) is 85.7 cm³/mol. The van der Waals surface area contributed by atoms with E-state index >= 15 is 0 Å². The molecule has 2 heterocycles. The summed E-state index contributed by atoms with van der Waals surface area (Å²) in [5.74, 6) is 1.54. The molecule has 1 aromatic carbocycles. The summed E-state index contributed by atoms with van der Waals surface area (Å²) in [5.41, 5.74) is 0. The number of halogens is 1. The van der Waals surface area contributed by atoms with Gasteiger partial charge in [-0.3, -0.25) is 4.57 Å². The number of rotatable bonds is 4. The smallest absolute Gasteiger partial charge is 0.328 e. The van der Waals surface area contributed by atoms with E-state index in [0.29, 0.717) is 17.6 Å². The van der Waals surface area contributed by atoms with Gasteiger partial charge in [-0.2, -0.15) is 15.0 Å². The molecule has 0 bridgehead atoms. The highest BCUT2D eigenvalue weighted by Crippen LogP contribution is 2.21. The molecule has 0 radical (unpaired) electrons. The molecule has 0 aliphatic carbocycles. The molecule has 0 saturated heterocycles. The lowest BCUT2D eigenvalue weighted by Crippen LogP contribution is -2.06. The van der Waals surface area contributed by atoms with Crippen LogP contribution in [0.25, 0.3) is 5.95 Å². The molecule has 1 N–H and O–H groups in total. The summed E-state index contributed by atoms with van der Waals surface area (Å²) in [5, 5.41) is 2.89. The monoisotopic (exact) mass is 394 g/mol. The molecule has 3 rings (SSSR count). The molecular weight excluding hydrogens is 383 g/mol. The maximum absolute atomic E-state index is 5.70. The lowest BCUT2D eigenvalue weighted by molar-refractivity contribution is 0.439. The van der Waals surface area contributed by atoms with E-state index < -0.39 is 0 Å². The van der Waals surface area contributed by atoms with Crippen molar-refractivity contribution >= 4 is 28.5 Å². The Morgan fingerprint density at radius 2 is 2.14 bits per heavy atom. The molecule has 0 amide bonds. The van der Waals surface area contributed by atoms with Crippen LogP contribution in [0, 0.1) is 3.57 Å². The first-order valence-corrected chi connectivity index (χ1v) is 7.18. The van der Waals surface area contributed by atoms with E-state index in [1.807, 2.05) is 24.3 Å². The molecule has 0 aliphatic heterocycles. The van der Waals surface area contributed by atoms with Crippen molar-refractivity contribution in [2.45, 2.75) is 0 Å². The van der Waals surface area contributed by atoms with Crippen LogP contribution in [0.2, 0.25) is 0 Å². The number of hydrogen-bond donors (Lipinski definition) is 1. The van der Waals surface area contributed by atoms with E-state index in [9.17, 15) is 0 Å². The number of nitrogens with one attached hydrogen (secondary N) is 1. The first-order valence-electron chi connectivity index (χ1n) is 6.10. The zero-order valence-corrected chi connectivity index (χ0v) is 13.2. The summed E-state index contributed by atoms with van der Waals surface area (Å²) in [7, 11) is 1.74. The van der Waals surface area contributed by atoms with Crippen LogP contribution < -0.4 is 10.1 Å². The maximum Gasteiger partial charge on any atom is 0.328 e. The summed E-state index contributed by atoms with van der Waals surface area (Å²) >= 11 is 2.22. The van der Waals surface area contributed by atoms with Crippen LogP contribution in [0.1, 0.15) is 0 Å². The second kappa shape index (κ2) is 6.04. The minimum atomic E-state index is 0.222. The van der Waals surface area contributed by atoms with Crippen LogP contribution >= 0.6 is 22.6 Å². The summed E-state index contributed by atoms with van der Waals surface area (Å²) in [6.07, 6.45) is 5.02. The van der Waals surface area contributed by atoms with Crippen LogP contribution in [-0.4, -0.2) is 31.6 Å². The summed E-state index contributed by atoms with van der Waals surface area (Å²) in [6, 6.07) is 7.87. The Hall–Kier alpha value is -2.23. The van der Waals surface area contributed by atoms with Gasteiger partial charge >= 0.3 is 6.01 Å². The zero-order valence-electron chi connectivity index (χ0n) is 11.1. The Morgan fingerprint density at radius 1 is 1.24 bits per heavy atom. The van der Waals surface area contributed by atoms with E-state index in [1.165, 1.54) is 0 Å². The fraction of sp³-hybridized carbons (Fsp3) is 0.0769. The van der Waals surface area contributed by atoms with Gasteiger partial charge in [-0.05, 0) is 40.8 Å². The average molecular weight is 394 g/mol. The fourth-order valence-electron chi connectivity index (χ4n) is 1.63. The van der Waals surface area contributed by atoms with Gasteiger partial charge in [-0.25, -0.2) is 4.98 Å². The van der Waals surface area contributed by atoms with E-state index in [0.717, 1.165) is 3.57 Å². The number of anilines is 1. The minimum Gasteiger partial charge on any atom is -0.424 e. The van der Waals surface area contributed by atoms with E-state index in [-0.39, 0.29) is 6.01 Å². The second-order valence-electron chi connectivity index (χ2n) is 4.02. The molecular formula is C13H11IN6O. The molecule has 0 atom stereocenters. The first kappa shape index (κ1) is 13.7. The number of nitrogens with zero attached hydrogens (tertiary/aromatic N) is 5. The van der Waals surface area contributed by atoms with Gasteiger partial charge in [0.2, 0.25) is 11.9 Å². The largest absolute Gasteiger partial charge is 0.424 e. The summed E-state index contributed by atoms with van der Waals surface area (Å²) < 4.78 is 8.46. The van der Waals surface area contributed by atoms with Gasteiger partial charge in [0, 0.05) is 23.0 Å².